The Morgan fingerprint density at radius 1 is 1.10 bits per heavy atom. The molecular formula is C25H33NO4. The Morgan fingerprint density at radius 2 is 1.83 bits per heavy atom. The highest BCUT2D eigenvalue weighted by molar-refractivity contribution is 5.68. The van der Waals surface area contributed by atoms with Gasteiger partial charge in [-0.25, -0.2) is 4.79 Å². The van der Waals surface area contributed by atoms with E-state index in [1.165, 1.54) is 0 Å². The van der Waals surface area contributed by atoms with Gasteiger partial charge in [0.15, 0.2) is 0 Å². The minimum atomic E-state index is -1.08. The highest BCUT2D eigenvalue weighted by Crippen LogP contribution is 2.37. The van der Waals surface area contributed by atoms with E-state index in [-0.39, 0.29) is 12.0 Å². The van der Waals surface area contributed by atoms with Crippen LogP contribution in [0.5, 0.6) is 5.75 Å². The van der Waals surface area contributed by atoms with E-state index in [1.54, 1.807) is 4.90 Å². The van der Waals surface area contributed by atoms with Crippen molar-refractivity contribution in [3.8, 4) is 5.75 Å². The lowest BCUT2D eigenvalue weighted by molar-refractivity contribution is -0.0439. The van der Waals surface area contributed by atoms with Crippen LogP contribution in [0.2, 0.25) is 0 Å². The molecule has 1 saturated heterocycles. The van der Waals surface area contributed by atoms with E-state index < -0.39 is 11.2 Å². The van der Waals surface area contributed by atoms with E-state index in [0.717, 1.165) is 29.7 Å². The van der Waals surface area contributed by atoms with Crippen LogP contribution in [-0.2, 0) is 16.9 Å². The summed E-state index contributed by atoms with van der Waals surface area (Å²) in [7, 11) is 0. The second-order valence-electron chi connectivity index (χ2n) is 9.22. The number of hydrogen-bond donors (Lipinski definition) is 1. The Hall–Kier alpha value is -2.53. The van der Waals surface area contributed by atoms with Gasteiger partial charge in [-0.15, -0.1) is 0 Å². The van der Waals surface area contributed by atoms with Crippen molar-refractivity contribution in [2.24, 2.45) is 5.92 Å². The molecule has 3 rings (SSSR count). The Labute approximate surface area is 179 Å². The maximum atomic E-state index is 12.5. The molecule has 0 aliphatic carbocycles. The summed E-state index contributed by atoms with van der Waals surface area (Å²) in [5, 5.41) is 11.4. The molecule has 0 aromatic heterocycles. The molecule has 0 saturated carbocycles. The van der Waals surface area contributed by atoms with Gasteiger partial charge in [0.25, 0.3) is 0 Å². The number of ether oxygens (including phenoxy) is 2. The van der Waals surface area contributed by atoms with Crippen molar-refractivity contribution in [1.29, 1.82) is 0 Å². The fourth-order valence-corrected chi connectivity index (χ4v) is 3.81. The Balaban J connectivity index is 1.69. The number of likely N-dealkylation sites (tertiary alicyclic amines) is 1. The summed E-state index contributed by atoms with van der Waals surface area (Å²) in [5.74, 6) is 0.638. The minimum absolute atomic E-state index is 0.0804. The normalized spacial score (nSPS) is 19.1. The summed E-state index contributed by atoms with van der Waals surface area (Å²) in [4.78, 5) is 14.2. The fourth-order valence-electron chi connectivity index (χ4n) is 3.81. The van der Waals surface area contributed by atoms with Crippen molar-refractivity contribution >= 4 is 6.09 Å². The van der Waals surface area contributed by atoms with Crippen molar-refractivity contribution in [2.45, 2.75) is 58.3 Å². The number of piperidine rings is 1. The fraction of sp³-hybridized carbons (Fsp3) is 0.480. The number of rotatable bonds is 5. The molecule has 2 aromatic carbocycles. The monoisotopic (exact) mass is 411 g/mol. The van der Waals surface area contributed by atoms with Gasteiger partial charge >= 0.3 is 6.09 Å². The molecule has 0 unspecified atom stereocenters. The van der Waals surface area contributed by atoms with Gasteiger partial charge in [-0.1, -0.05) is 42.5 Å². The maximum absolute atomic E-state index is 12.5. The van der Waals surface area contributed by atoms with Crippen LogP contribution in [0.25, 0.3) is 0 Å². The molecule has 2 aromatic rings. The van der Waals surface area contributed by atoms with Crippen LogP contribution >= 0.6 is 0 Å². The Morgan fingerprint density at radius 3 is 2.53 bits per heavy atom. The molecule has 30 heavy (non-hydrogen) atoms. The standard InChI is InChI=1S/C25H33NO4/c1-24(2,3)30-23(27)26-15-9-13-21(17-26)25(4,28)20-12-8-14-22(16-20)29-18-19-10-6-5-7-11-19/h5-8,10-12,14,16,21,28H,9,13,15,17-18H2,1-4H3/t21-,25-/m0/s1. The van der Waals surface area contributed by atoms with E-state index in [2.05, 4.69) is 0 Å². The van der Waals surface area contributed by atoms with Crippen LogP contribution in [0.15, 0.2) is 54.6 Å². The number of nitrogens with zero attached hydrogens (tertiary/aromatic N) is 1. The number of amides is 1. The number of carbonyl (C=O) groups is 1. The molecule has 0 spiro atoms. The Kier molecular flexibility index (Phi) is 6.71. The summed E-state index contributed by atoms with van der Waals surface area (Å²) < 4.78 is 11.5. The smallest absolute Gasteiger partial charge is 0.410 e. The van der Waals surface area contributed by atoms with Gasteiger partial charge in [0.2, 0.25) is 0 Å². The molecule has 1 aliphatic rings. The maximum Gasteiger partial charge on any atom is 0.410 e. The van der Waals surface area contributed by atoms with Gasteiger partial charge in [-0.2, -0.15) is 0 Å². The SMILES string of the molecule is CC(C)(C)OC(=O)N1CCC[C@H]([C@@](C)(O)c2cccc(OCc3ccccc3)c2)C1. The van der Waals surface area contributed by atoms with Gasteiger partial charge in [0.05, 0.1) is 5.60 Å². The van der Waals surface area contributed by atoms with Crippen molar-refractivity contribution in [1.82, 2.24) is 4.90 Å². The predicted octanol–water partition coefficient (Wildman–Crippen LogP) is 5.12. The zero-order valence-electron chi connectivity index (χ0n) is 18.4. The van der Waals surface area contributed by atoms with E-state index in [0.29, 0.717) is 19.7 Å². The lowest BCUT2D eigenvalue weighted by atomic mass is 9.78. The molecule has 0 radical (unpaired) electrons. The quantitative estimate of drug-likeness (QED) is 0.742. The molecule has 0 bridgehead atoms. The molecule has 1 aliphatic heterocycles. The molecule has 5 nitrogen and oxygen atoms in total. The summed E-state index contributed by atoms with van der Waals surface area (Å²) in [6, 6.07) is 17.6. The first-order valence-electron chi connectivity index (χ1n) is 10.6. The van der Waals surface area contributed by atoms with Crippen LogP contribution in [-0.4, -0.2) is 34.8 Å². The molecule has 1 amide bonds. The van der Waals surface area contributed by atoms with Crippen LogP contribution in [0.3, 0.4) is 0 Å². The summed E-state index contributed by atoms with van der Waals surface area (Å²) in [5.41, 5.74) is 0.281. The van der Waals surface area contributed by atoms with Crippen molar-refractivity contribution in [3.63, 3.8) is 0 Å². The van der Waals surface area contributed by atoms with E-state index in [4.69, 9.17) is 9.47 Å². The lowest BCUT2D eigenvalue weighted by Crippen LogP contribution is -2.48. The zero-order chi connectivity index (χ0) is 21.8. The third kappa shape index (κ3) is 5.76. The molecule has 1 N–H and O–H groups in total. The molecular weight excluding hydrogens is 378 g/mol. The number of benzene rings is 2. The van der Waals surface area contributed by atoms with E-state index in [1.807, 2.05) is 82.3 Å². The Bertz CT molecular complexity index is 842. The zero-order valence-corrected chi connectivity index (χ0v) is 18.4. The second kappa shape index (κ2) is 9.09. The van der Waals surface area contributed by atoms with Gasteiger partial charge in [-0.3, -0.25) is 0 Å². The largest absolute Gasteiger partial charge is 0.489 e. The third-order valence-corrected chi connectivity index (χ3v) is 5.53. The minimum Gasteiger partial charge on any atom is -0.489 e. The van der Waals surface area contributed by atoms with Crippen LogP contribution in [0, 0.1) is 5.92 Å². The first-order valence-corrected chi connectivity index (χ1v) is 10.6. The number of hydrogen-bond acceptors (Lipinski definition) is 4. The second-order valence-corrected chi connectivity index (χ2v) is 9.22. The first kappa shape index (κ1) is 22.2. The van der Waals surface area contributed by atoms with Gasteiger partial charge < -0.3 is 19.5 Å². The molecule has 5 heteroatoms. The van der Waals surface area contributed by atoms with Gasteiger partial charge in [0, 0.05) is 19.0 Å². The van der Waals surface area contributed by atoms with Gasteiger partial charge in [-0.05, 0) is 63.8 Å². The van der Waals surface area contributed by atoms with Crippen molar-refractivity contribution in [2.75, 3.05) is 13.1 Å². The molecule has 1 fully saturated rings. The van der Waals surface area contributed by atoms with Crippen molar-refractivity contribution in [3.05, 3.63) is 65.7 Å². The van der Waals surface area contributed by atoms with Crippen LogP contribution < -0.4 is 4.74 Å². The lowest BCUT2D eigenvalue weighted by Gasteiger charge is -2.41. The summed E-state index contributed by atoms with van der Waals surface area (Å²) >= 11 is 0. The topological polar surface area (TPSA) is 59.0 Å². The average Bonchev–Trinajstić information content (AvgIpc) is 2.72. The summed E-state index contributed by atoms with van der Waals surface area (Å²) in [6.07, 6.45) is 1.37. The predicted molar refractivity (Wildman–Crippen MR) is 117 cm³/mol. The number of aliphatic hydroxyl groups is 1. The van der Waals surface area contributed by atoms with Crippen LogP contribution in [0.4, 0.5) is 4.79 Å². The first-order chi connectivity index (χ1) is 14.1. The highest BCUT2D eigenvalue weighted by Gasteiger charge is 2.39. The van der Waals surface area contributed by atoms with E-state index in [9.17, 15) is 9.90 Å². The molecule has 162 valence electrons. The van der Waals surface area contributed by atoms with Crippen LogP contribution in [0.1, 0.15) is 51.7 Å². The van der Waals surface area contributed by atoms with Crippen molar-refractivity contribution < 1.29 is 19.4 Å². The third-order valence-electron chi connectivity index (χ3n) is 5.53. The molecule has 1 heterocycles. The van der Waals surface area contributed by atoms with Gasteiger partial charge in [0.1, 0.15) is 18.0 Å². The highest BCUT2D eigenvalue weighted by atomic mass is 16.6. The van der Waals surface area contributed by atoms with E-state index >= 15 is 0 Å². The average molecular weight is 412 g/mol. The summed E-state index contributed by atoms with van der Waals surface area (Å²) in [6.45, 7) is 9.02. The molecule has 2 atom stereocenters. The number of carbonyl (C=O) groups excluding carboxylic acids is 1.